The summed E-state index contributed by atoms with van der Waals surface area (Å²) in [6, 6.07) is 22.6. The molecule has 492 valence electrons. The van der Waals surface area contributed by atoms with E-state index in [1.807, 2.05) is 65.6 Å². The van der Waals surface area contributed by atoms with Gasteiger partial charge in [0.05, 0.1) is 25.3 Å². The molecule has 20 heteroatoms. The number of ether oxygens (including phenoxy) is 5. The molecule has 5 aromatic rings. The fourth-order valence-corrected chi connectivity index (χ4v) is 15.4. The van der Waals surface area contributed by atoms with Gasteiger partial charge in [-0.15, -0.1) is 0 Å². The van der Waals surface area contributed by atoms with E-state index in [0.29, 0.717) is 87.2 Å². The van der Waals surface area contributed by atoms with E-state index in [-0.39, 0.29) is 96.1 Å². The Morgan fingerprint density at radius 2 is 1.14 bits per heavy atom. The SMILES string of the molecule is COC(=O)OC(OC(=O)c1cc2cc(CC(=O)[C@@H]3[C@@H](c4ccccc4)CCN3C(=O)C3CCC([C@H](N)CF)CC3)ccc2[nH]1)C(C)C.N[C@H](CF)C1CCC(C(=O)N2CC[C@@H](C3CCCCC3)[C@H]2C(=O)Cc2ccc3[nH]c(C(=O)OCC4CCCO4)cc3c2)CC1. The van der Waals surface area contributed by atoms with Crippen LogP contribution in [0.5, 0.6) is 0 Å². The van der Waals surface area contributed by atoms with E-state index in [1.165, 1.54) is 26.4 Å². The highest BCUT2D eigenvalue weighted by atomic mass is 19.1. The third-order valence-corrected chi connectivity index (χ3v) is 20.5. The van der Waals surface area contributed by atoms with Crippen molar-refractivity contribution in [2.45, 2.75) is 178 Å². The highest BCUT2D eigenvalue weighted by Crippen LogP contribution is 2.43. The van der Waals surface area contributed by atoms with Gasteiger partial charge in [0.15, 0.2) is 11.6 Å². The fourth-order valence-electron chi connectivity index (χ4n) is 15.4. The number of ketones is 2. The van der Waals surface area contributed by atoms with Crippen molar-refractivity contribution < 1.29 is 66.0 Å². The molecule has 6 fully saturated rings. The summed E-state index contributed by atoms with van der Waals surface area (Å²) in [6.07, 6.45) is 13.2. The van der Waals surface area contributed by atoms with Gasteiger partial charge in [0, 0.05) is 90.1 Å². The molecule has 2 aromatic heterocycles. The van der Waals surface area contributed by atoms with E-state index in [9.17, 15) is 42.3 Å². The molecule has 3 aliphatic heterocycles. The lowest BCUT2D eigenvalue weighted by Crippen LogP contribution is -2.48. The Morgan fingerprint density at radius 3 is 1.67 bits per heavy atom. The lowest BCUT2D eigenvalue weighted by molar-refractivity contribution is -0.143. The van der Waals surface area contributed by atoms with Gasteiger partial charge in [0.2, 0.25) is 11.8 Å². The largest absolute Gasteiger partial charge is 0.511 e. The molecule has 11 rings (SSSR count). The zero-order valence-corrected chi connectivity index (χ0v) is 53.0. The van der Waals surface area contributed by atoms with E-state index in [4.69, 9.17) is 30.4 Å². The number of alkyl halides is 2. The van der Waals surface area contributed by atoms with Crippen LogP contribution in [0, 0.1) is 41.4 Å². The zero-order valence-electron chi connectivity index (χ0n) is 53.0. The summed E-state index contributed by atoms with van der Waals surface area (Å²) < 4.78 is 52.3. The van der Waals surface area contributed by atoms with E-state index < -0.39 is 61.9 Å². The highest BCUT2D eigenvalue weighted by molar-refractivity contribution is 5.98. The Balaban J connectivity index is 0.000000200. The van der Waals surface area contributed by atoms with Crippen LogP contribution in [-0.4, -0.2) is 145 Å². The van der Waals surface area contributed by atoms with E-state index in [0.717, 1.165) is 72.5 Å². The first-order valence-electron chi connectivity index (χ1n) is 33.3. The second-order valence-corrected chi connectivity index (χ2v) is 26.8. The van der Waals surface area contributed by atoms with Crippen LogP contribution >= 0.6 is 0 Å². The Labute approximate surface area is 531 Å². The number of carbonyl (C=O) groups excluding carboxylic acids is 7. The Kier molecular flexibility index (Phi) is 22.8. The van der Waals surface area contributed by atoms with E-state index in [2.05, 4.69) is 14.7 Å². The Morgan fingerprint density at radius 1 is 0.604 bits per heavy atom. The molecular weight excluding hydrogens is 1170 g/mol. The number of amides is 2. The molecule has 8 atom stereocenters. The number of aromatic nitrogens is 2. The molecule has 0 spiro atoms. The molecule has 18 nitrogen and oxygen atoms in total. The normalized spacial score (nSPS) is 25.6. The van der Waals surface area contributed by atoms with Crippen molar-refractivity contribution in [3.63, 3.8) is 0 Å². The number of methoxy groups -OCH3 is 1. The van der Waals surface area contributed by atoms with Gasteiger partial charge in [-0.05, 0) is 154 Å². The maximum Gasteiger partial charge on any atom is 0.511 e. The topological polar surface area (TPSA) is 256 Å². The van der Waals surface area contributed by atoms with Crippen LogP contribution in [0.25, 0.3) is 21.8 Å². The van der Waals surface area contributed by atoms with E-state index in [1.54, 1.807) is 36.9 Å². The molecule has 91 heavy (non-hydrogen) atoms. The third kappa shape index (κ3) is 16.2. The Hall–Kier alpha value is -7.03. The van der Waals surface area contributed by atoms with Gasteiger partial charge >= 0.3 is 18.1 Å². The molecule has 3 saturated carbocycles. The maximum atomic E-state index is 14.2. The second kappa shape index (κ2) is 31.1. The number of hydrogen-bond donors (Lipinski definition) is 4. The fraction of sp³-hybridized carbons (Fsp3) is 0.592. The molecule has 3 aliphatic carbocycles. The summed E-state index contributed by atoms with van der Waals surface area (Å²) in [4.78, 5) is 103. The van der Waals surface area contributed by atoms with Crippen molar-refractivity contribution in [2.75, 3.05) is 46.8 Å². The van der Waals surface area contributed by atoms with Crippen LogP contribution in [-0.2, 0) is 55.7 Å². The van der Waals surface area contributed by atoms with Gasteiger partial charge < -0.3 is 54.9 Å². The number of aromatic amines is 2. The molecule has 5 heterocycles. The standard InChI is InChI=1S/C36H44FN3O7.C35H48FN3O5/c1-21(2)35(47-36(44)45-3)46-34(43)30-19-26-17-22(9-14-29(26)39-30)18-31(41)32-27(23-7-5-4-6-8-23)15-16-40(32)33(42)25-12-10-24(11-13-25)28(38)20-37;36-20-29(37)24-9-11-25(12-10-24)34(41)39-15-14-28(23-5-2-1-3-6-23)33(39)32(40)18-22-8-13-30-26(17-22)19-31(38-30)35(42)44-21-27-7-4-16-43-27/h4-9,14,17,19,21,24-25,27-28,32,35,39H,10-13,15-16,18,20,38H2,1-3H3;8,13,17,19,23-25,27-29,33,38H,1-7,9-12,14-16,18,20-21,37H2/t24?,25?,27-,28-,32+,35?;24?,25?,27?,28-,29+,33-/m10/s1. The first-order valence-corrected chi connectivity index (χ1v) is 33.3. The van der Waals surface area contributed by atoms with Crippen molar-refractivity contribution in [3.05, 3.63) is 107 Å². The van der Waals surface area contributed by atoms with Crippen LogP contribution in [0.1, 0.15) is 167 Å². The molecule has 0 radical (unpaired) electrons. The monoisotopic (exact) mass is 1260 g/mol. The molecule has 2 amide bonds. The van der Waals surface area contributed by atoms with Gasteiger partial charge in [-0.2, -0.15) is 0 Å². The van der Waals surface area contributed by atoms with E-state index >= 15 is 0 Å². The van der Waals surface area contributed by atoms with Crippen LogP contribution in [0.3, 0.4) is 0 Å². The van der Waals surface area contributed by atoms with Crippen molar-refractivity contribution in [2.24, 2.45) is 52.9 Å². The van der Waals surface area contributed by atoms with Gasteiger partial charge in [0.25, 0.3) is 6.29 Å². The van der Waals surface area contributed by atoms with Gasteiger partial charge in [0.1, 0.15) is 31.3 Å². The highest BCUT2D eigenvalue weighted by Gasteiger charge is 2.48. The maximum absolute atomic E-state index is 14.2. The Bertz CT molecular complexity index is 3310. The van der Waals surface area contributed by atoms with Gasteiger partial charge in [-0.25, -0.2) is 23.2 Å². The second-order valence-electron chi connectivity index (χ2n) is 26.8. The number of benzene rings is 3. The molecule has 0 bridgehead atoms. The number of likely N-dealkylation sites (tertiary alicyclic amines) is 2. The van der Waals surface area contributed by atoms with Crippen LogP contribution in [0.4, 0.5) is 13.6 Å². The van der Waals surface area contributed by atoms with Gasteiger partial charge in [-0.3, -0.25) is 19.2 Å². The molecule has 6 aliphatic rings. The van der Waals surface area contributed by atoms with Crippen molar-refractivity contribution in [3.8, 4) is 0 Å². The summed E-state index contributed by atoms with van der Waals surface area (Å²) >= 11 is 0. The quantitative estimate of drug-likeness (QED) is 0.0303. The number of hydrogen-bond acceptors (Lipinski definition) is 14. The minimum Gasteiger partial charge on any atom is -0.458 e. The molecule has 3 saturated heterocycles. The minimum atomic E-state index is -1.13. The predicted octanol–water partition coefficient (Wildman–Crippen LogP) is 11.2. The van der Waals surface area contributed by atoms with Crippen molar-refractivity contribution in [1.29, 1.82) is 0 Å². The molecule has 6 N–H and O–H groups in total. The average molecular weight is 1260 g/mol. The number of carbonyl (C=O) groups is 7. The summed E-state index contributed by atoms with van der Waals surface area (Å²) in [5.74, 6) is -0.841. The molecule has 3 aromatic carbocycles. The first kappa shape index (κ1) is 66.9. The van der Waals surface area contributed by atoms with Gasteiger partial charge in [-0.1, -0.05) is 88.4 Å². The van der Waals surface area contributed by atoms with Crippen LogP contribution < -0.4 is 11.5 Å². The molecule has 2 unspecified atom stereocenters. The summed E-state index contributed by atoms with van der Waals surface area (Å²) in [5.41, 5.74) is 16.6. The number of H-pyrrole nitrogens is 2. The minimum absolute atomic E-state index is 0.00540. The third-order valence-electron chi connectivity index (χ3n) is 20.5. The lowest BCUT2D eigenvalue weighted by atomic mass is 9.75. The smallest absolute Gasteiger partial charge is 0.458 e. The number of nitrogens with zero attached hydrogens (tertiary/aromatic N) is 2. The average Bonchev–Trinajstić information content (AvgIpc) is 2.63. The summed E-state index contributed by atoms with van der Waals surface area (Å²) in [7, 11) is 1.17. The number of fused-ring (bicyclic) bond motifs is 2. The summed E-state index contributed by atoms with van der Waals surface area (Å²) in [5, 5.41) is 1.56. The van der Waals surface area contributed by atoms with Crippen LogP contribution in [0.15, 0.2) is 78.9 Å². The number of nitrogens with one attached hydrogen (secondary N) is 2. The molecular formula is C71H92F2N6O12. The zero-order chi connectivity index (χ0) is 64.3. The van der Waals surface area contributed by atoms with Crippen molar-refractivity contribution in [1.82, 2.24) is 19.8 Å². The number of esters is 2. The number of rotatable bonds is 21. The van der Waals surface area contributed by atoms with Crippen molar-refractivity contribution >= 4 is 63.3 Å². The lowest BCUT2D eigenvalue weighted by Gasteiger charge is -2.37. The first-order chi connectivity index (χ1) is 44.0. The number of halogens is 2. The van der Waals surface area contributed by atoms with Crippen LogP contribution in [0.2, 0.25) is 0 Å². The number of Topliss-reactive ketones (excluding diaryl/α,β-unsaturated/α-hetero) is 2. The number of nitrogens with two attached hydrogens (primary N) is 2. The predicted molar refractivity (Wildman–Crippen MR) is 339 cm³/mol. The summed E-state index contributed by atoms with van der Waals surface area (Å²) in [6.45, 7) is 4.49.